The van der Waals surface area contributed by atoms with Crippen molar-refractivity contribution < 1.29 is 13.1 Å². The highest BCUT2D eigenvalue weighted by Gasteiger charge is 2.29. The summed E-state index contributed by atoms with van der Waals surface area (Å²) >= 11 is -1.52. The number of nitrogen functional groups attached to an aromatic ring is 1. The number of nitrogens with two attached hydrogens (primary N) is 1. The Labute approximate surface area is 147 Å². The Balaban J connectivity index is 0.000000701. The minimum Gasteiger partial charge on any atom is -0.369 e. The molecule has 11 heteroatoms. The fourth-order valence-electron chi connectivity index (χ4n) is 2.36. The average molecular weight is 372 g/mol. The maximum Gasteiger partial charge on any atom is 0.280 e. The van der Waals surface area contributed by atoms with Crippen molar-refractivity contribution in [3.05, 3.63) is 16.7 Å². The highest BCUT2D eigenvalue weighted by molar-refractivity contribution is 7.78. The molecule has 0 saturated carbocycles. The number of hydrogen-bond donors (Lipinski definition) is 3. The number of H-pyrrole nitrogens is 1. The van der Waals surface area contributed by atoms with E-state index >= 15 is 0 Å². The van der Waals surface area contributed by atoms with E-state index in [9.17, 15) is 9.00 Å². The summed E-state index contributed by atoms with van der Waals surface area (Å²) in [6, 6.07) is 0. The Morgan fingerprint density at radius 2 is 2.24 bits per heavy atom. The highest BCUT2D eigenvalue weighted by Crippen LogP contribution is 2.30. The van der Waals surface area contributed by atoms with E-state index in [1.54, 1.807) is 11.6 Å². The molecule has 0 aromatic carbocycles. The van der Waals surface area contributed by atoms with Gasteiger partial charge in [0.15, 0.2) is 11.2 Å². The van der Waals surface area contributed by atoms with Crippen molar-refractivity contribution in [3.63, 3.8) is 0 Å². The Morgan fingerprint density at radius 1 is 1.52 bits per heavy atom. The molecule has 1 fully saturated rings. The van der Waals surface area contributed by atoms with Crippen LogP contribution in [0.5, 0.6) is 0 Å². The SMILES string of the molecule is CCC.CNS(=O)OCC1CCC(n2cnc3c(=O)[nH]c(N)nc32)O1. The van der Waals surface area contributed by atoms with Gasteiger partial charge in [0, 0.05) is 0 Å². The third-order valence-electron chi connectivity index (χ3n) is 3.37. The van der Waals surface area contributed by atoms with Crippen molar-refractivity contribution in [2.24, 2.45) is 0 Å². The molecule has 0 radical (unpaired) electrons. The molecule has 3 heterocycles. The molecule has 1 saturated heterocycles. The van der Waals surface area contributed by atoms with E-state index in [-0.39, 0.29) is 36.0 Å². The first-order valence-electron chi connectivity index (χ1n) is 8.10. The lowest BCUT2D eigenvalue weighted by Gasteiger charge is -2.14. The number of aromatic nitrogens is 4. The number of nitrogens with one attached hydrogen (secondary N) is 2. The van der Waals surface area contributed by atoms with Gasteiger partial charge in [0.05, 0.1) is 19.0 Å². The molecule has 0 amide bonds. The fourth-order valence-corrected chi connectivity index (χ4v) is 2.76. The summed E-state index contributed by atoms with van der Waals surface area (Å²) < 4.78 is 26.2. The molecule has 4 N–H and O–H groups in total. The summed E-state index contributed by atoms with van der Waals surface area (Å²) in [5.74, 6) is 0.0292. The maximum absolute atomic E-state index is 11.7. The number of hydrogen-bond acceptors (Lipinski definition) is 7. The summed E-state index contributed by atoms with van der Waals surface area (Å²) in [6.45, 7) is 4.47. The third-order valence-corrected chi connectivity index (χ3v) is 4.06. The van der Waals surface area contributed by atoms with E-state index < -0.39 is 11.3 Å². The molecule has 0 bridgehead atoms. The lowest BCUT2D eigenvalue weighted by molar-refractivity contribution is -0.0140. The second kappa shape index (κ2) is 9.04. The van der Waals surface area contributed by atoms with Gasteiger partial charge < -0.3 is 10.5 Å². The van der Waals surface area contributed by atoms with E-state index in [4.69, 9.17) is 14.7 Å². The molecule has 25 heavy (non-hydrogen) atoms. The molecule has 10 nitrogen and oxygen atoms in total. The number of aromatic amines is 1. The molecule has 0 spiro atoms. The standard InChI is InChI=1S/C11H16N6O4S.C3H8/c1-13-22(19)20-4-6-2-3-7(21-6)17-5-14-8-9(17)15-11(12)16-10(8)18;1-3-2/h5-7,13H,2-4H2,1H3,(H3,12,15,16,18);3H2,1-2H3. The number of fused-ring (bicyclic) bond motifs is 1. The van der Waals surface area contributed by atoms with Crippen LogP contribution in [0.1, 0.15) is 39.3 Å². The first kappa shape index (κ1) is 19.5. The van der Waals surface area contributed by atoms with Crippen molar-refractivity contribution in [2.45, 2.75) is 45.4 Å². The van der Waals surface area contributed by atoms with E-state index in [2.05, 4.69) is 33.5 Å². The second-order valence-corrected chi connectivity index (χ2v) is 6.61. The van der Waals surface area contributed by atoms with Crippen LogP contribution in [0.2, 0.25) is 0 Å². The van der Waals surface area contributed by atoms with Crippen LogP contribution in [0.25, 0.3) is 11.2 Å². The molecule has 3 rings (SSSR count). The fraction of sp³-hybridized carbons (Fsp3) is 0.643. The zero-order chi connectivity index (χ0) is 18.4. The molecular formula is C14H24N6O4S. The Morgan fingerprint density at radius 3 is 2.92 bits per heavy atom. The second-order valence-electron chi connectivity index (χ2n) is 5.50. The summed E-state index contributed by atoms with van der Waals surface area (Å²) in [5, 5.41) is 0. The molecule has 0 aliphatic carbocycles. The van der Waals surface area contributed by atoms with Gasteiger partial charge in [-0.2, -0.15) is 4.98 Å². The smallest absolute Gasteiger partial charge is 0.280 e. The number of nitrogens with zero attached hydrogens (tertiary/aromatic N) is 3. The van der Waals surface area contributed by atoms with Crippen molar-refractivity contribution in [3.8, 4) is 0 Å². The van der Waals surface area contributed by atoms with Gasteiger partial charge in [-0.05, 0) is 19.9 Å². The predicted octanol–water partition coefficient (Wildman–Crippen LogP) is 0.610. The molecule has 2 aromatic rings. The topological polar surface area (TPSA) is 137 Å². The van der Waals surface area contributed by atoms with E-state index in [0.29, 0.717) is 12.1 Å². The molecule has 2 aromatic heterocycles. The van der Waals surface area contributed by atoms with E-state index in [1.807, 2.05) is 0 Å². The molecule has 3 unspecified atom stereocenters. The van der Waals surface area contributed by atoms with Gasteiger partial charge >= 0.3 is 0 Å². The normalized spacial score (nSPS) is 21.1. The van der Waals surface area contributed by atoms with E-state index in [1.165, 1.54) is 12.7 Å². The maximum atomic E-state index is 11.7. The quantitative estimate of drug-likeness (QED) is 0.699. The van der Waals surface area contributed by atoms with Gasteiger partial charge in [0.1, 0.15) is 6.23 Å². The Kier molecular flexibility index (Phi) is 7.05. The first-order valence-corrected chi connectivity index (χ1v) is 9.17. The molecule has 1 aliphatic heterocycles. The van der Waals surface area contributed by atoms with Crippen LogP contribution < -0.4 is 16.0 Å². The van der Waals surface area contributed by atoms with Gasteiger partial charge in [-0.25, -0.2) is 13.9 Å². The lowest BCUT2D eigenvalue weighted by Crippen LogP contribution is -2.21. The molecular weight excluding hydrogens is 348 g/mol. The van der Waals surface area contributed by atoms with Crippen LogP contribution in [-0.2, 0) is 20.2 Å². The monoisotopic (exact) mass is 372 g/mol. The van der Waals surface area contributed by atoms with Crippen molar-refractivity contribution in [2.75, 3.05) is 19.4 Å². The highest BCUT2D eigenvalue weighted by atomic mass is 32.2. The predicted molar refractivity (Wildman–Crippen MR) is 94.8 cm³/mol. The minimum atomic E-state index is -1.52. The Bertz CT molecular complexity index is 776. The molecule has 1 aliphatic rings. The van der Waals surface area contributed by atoms with Crippen molar-refractivity contribution in [1.82, 2.24) is 24.2 Å². The average Bonchev–Trinajstić information content (AvgIpc) is 3.19. The van der Waals surface area contributed by atoms with Gasteiger partial charge in [0.2, 0.25) is 17.2 Å². The van der Waals surface area contributed by atoms with Crippen molar-refractivity contribution in [1.29, 1.82) is 0 Å². The number of imidazole rings is 1. The zero-order valence-electron chi connectivity index (χ0n) is 14.5. The summed E-state index contributed by atoms with van der Waals surface area (Å²) in [7, 11) is 1.54. The van der Waals surface area contributed by atoms with Crippen molar-refractivity contribution >= 4 is 28.4 Å². The number of anilines is 1. The summed E-state index contributed by atoms with van der Waals surface area (Å²) in [6.07, 6.45) is 3.71. The van der Waals surface area contributed by atoms with Crippen LogP contribution in [0.3, 0.4) is 0 Å². The van der Waals surface area contributed by atoms with Crippen LogP contribution >= 0.6 is 0 Å². The number of ether oxygens (including phenoxy) is 1. The van der Waals surface area contributed by atoms with Crippen LogP contribution in [-0.4, -0.2) is 43.5 Å². The molecule has 140 valence electrons. The van der Waals surface area contributed by atoms with Gasteiger partial charge in [-0.1, -0.05) is 20.3 Å². The van der Waals surface area contributed by atoms with Crippen LogP contribution in [0.4, 0.5) is 5.95 Å². The van der Waals surface area contributed by atoms with Gasteiger partial charge in [-0.3, -0.25) is 18.5 Å². The third kappa shape index (κ3) is 4.84. The largest absolute Gasteiger partial charge is 0.369 e. The first-order chi connectivity index (χ1) is 12.0. The summed E-state index contributed by atoms with van der Waals surface area (Å²) in [5.41, 5.74) is 5.78. The van der Waals surface area contributed by atoms with Gasteiger partial charge in [-0.15, -0.1) is 0 Å². The molecule has 3 atom stereocenters. The van der Waals surface area contributed by atoms with Gasteiger partial charge in [0.25, 0.3) is 5.56 Å². The minimum absolute atomic E-state index is 0.0292. The van der Waals surface area contributed by atoms with Crippen LogP contribution in [0.15, 0.2) is 11.1 Å². The zero-order valence-corrected chi connectivity index (χ0v) is 15.3. The summed E-state index contributed by atoms with van der Waals surface area (Å²) in [4.78, 5) is 22.3. The lowest BCUT2D eigenvalue weighted by atomic mass is 10.2. The van der Waals surface area contributed by atoms with Crippen LogP contribution in [0, 0.1) is 0 Å². The number of rotatable bonds is 5. The van der Waals surface area contributed by atoms with E-state index in [0.717, 1.165) is 6.42 Å². The Hall–Kier alpha value is -1.82.